The fourth-order valence-corrected chi connectivity index (χ4v) is 3.18. The Kier molecular flexibility index (Phi) is 2.49. The molecule has 1 heterocycles. The molecule has 0 amide bonds. The standard InChI is InChI=1S/C15H11FS/c1-2-11-12(4-3-5-14(11)16)13-8-9-17-15(13)10-6-7-10/h1,3-5,8-10H,6-7H2. The Morgan fingerprint density at radius 3 is 2.76 bits per heavy atom. The highest BCUT2D eigenvalue weighted by molar-refractivity contribution is 7.10. The second-order valence-electron chi connectivity index (χ2n) is 4.28. The molecule has 17 heavy (non-hydrogen) atoms. The molecule has 1 aromatic carbocycles. The molecule has 0 aliphatic heterocycles. The van der Waals surface area contributed by atoms with E-state index in [2.05, 4.69) is 11.3 Å². The maximum absolute atomic E-state index is 13.7. The lowest BCUT2D eigenvalue weighted by molar-refractivity contribution is 0.625. The summed E-state index contributed by atoms with van der Waals surface area (Å²) in [5.74, 6) is 2.83. The summed E-state index contributed by atoms with van der Waals surface area (Å²) >= 11 is 1.75. The van der Waals surface area contributed by atoms with Gasteiger partial charge in [-0.1, -0.05) is 18.1 Å². The lowest BCUT2D eigenvalue weighted by Gasteiger charge is -2.06. The number of benzene rings is 1. The van der Waals surface area contributed by atoms with Gasteiger partial charge in [-0.05, 0) is 41.8 Å². The fraction of sp³-hybridized carbons (Fsp3) is 0.200. The van der Waals surface area contributed by atoms with E-state index in [1.807, 2.05) is 12.1 Å². The third-order valence-electron chi connectivity index (χ3n) is 3.09. The van der Waals surface area contributed by atoms with Gasteiger partial charge in [0.1, 0.15) is 5.82 Å². The van der Waals surface area contributed by atoms with Crippen molar-refractivity contribution in [1.29, 1.82) is 0 Å². The molecule has 3 rings (SSSR count). The molecule has 0 saturated heterocycles. The van der Waals surface area contributed by atoms with E-state index in [-0.39, 0.29) is 5.82 Å². The van der Waals surface area contributed by atoms with Crippen molar-refractivity contribution in [2.75, 3.05) is 0 Å². The van der Waals surface area contributed by atoms with Crippen LogP contribution >= 0.6 is 11.3 Å². The Hall–Kier alpha value is -1.59. The van der Waals surface area contributed by atoms with Gasteiger partial charge in [-0.25, -0.2) is 4.39 Å². The highest BCUT2D eigenvalue weighted by Crippen LogP contribution is 2.47. The molecule has 1 aliphatic rings. The van der Waals surface area contributed by atoms with Crippen LogP contribution in [0.25, 0.3) is 11.1 Å². The maximum Gasteiger partial charge on any atom is 0.139 e. The molecule has 84 valence electrons. The number of hydrogen-bond acceptors (Lipinski definition) is 1. The van der Waals surface area contributed by atoms with Gasteiger partial charge >= 0.3 is 0 Å². The molecule has 2 aromatic rings. The van der Waals surface area contributed by atoms with Crippen LogP contribution in [0.15, 0.2) is 29.6 Å². The predicted molar refractivity (Wildman–Crippen MR) is 69.6 cm³/mol. The molecule has 1 fully saturated rings. The fourth-order valence-electron chi connectivity index (χ4n) is 2.10. The molecule has 0 N–H and O–H groups in total. The van der Waals surface area contributed by atoms with E-state index in [0.717, 1.165) is 11.1 Å². The molecular weight excluding hydrogens is 231 g/mol. The number of terminal acetylenes is 1. The molecule has 0 atom stereocenters. The molecule has 0 unspecified atom stereocenters. The van der Waals surface area contributed by atoms with Crippen molar-refractivity contribution < 1.29 is 4.39 Å². The normalized spacial score (nSPS) is 14.6. The first-order chi connectivity index (χ1) is 8.31. The maximum atomic E-state index is 13.7. The van der Waals surface area contributed by atoms with Gasteiger partial charge in [0.2, 0.25) is 0 Å². The van der Waals surface area contributed by atoms with Crippen molar-refractivity contribution in [3.63, 3.8) is 0 Å². The lowest BCUT2D eigenvalue weighted by Crippen LogP contribution is -1.90. The Morgan fingerprint density at radius 2 is 2.06 bits per heavy atom. The predicted octanol–water partition coefficient (Wildman–Crippen LogP) is 4.41. The van der Waals surface area contributed by atoms with Crippen molar-refractivity contribution in [2.45, 2.75) is 18.8 Å². The van der Waals surface area contributed by atoms with Crippen LogP contribution in [0.1, 0.15) is 29.2 Å². The van der Waals surface area contributed by atoms with Crippen molar-refractivity contribution >= 4 is 11.3 Å². The van der Waals surface area contributed by atoms with Crippen LogP contribution in [0.2, 0.25) is 0 Å². The second kappa shape index (κ2) is 4.01. The summed E-state index contributed by atoms with van der Waals surface area (Å²) in [6.45, 7) is 0. The Labute approximate surface area is 104 Å². The molecule has 2 heteroatoms. The van der Waals surface area contributed by atoms with Crippen LogP contribution in [0.4, 0.5) is 4.39 Å². The highest BCUT2D eigenvalue weighted by atomic mass is 32.1. The minimum Gasteiger partial charge on any atom is -0.206 e. The summed E-state index contributed by atoms with van der Waals surface area (Å²) < 4.78 is 13.7. The first-order valence-corrected chi connectivity index (χ1v) is 6.52. The summed E-state index contributed by atoms with van der Waals surface area (Å²) in [5, 5.41) is 2.06. The van der Waals surface area contributed by atoms with E-state index in [4.69, 9.17) is 6.42 Å². The lowest BCUT2D eigenvalue weighted by atomic mass is 9.99. The average molecular weight is 242 g/mol. The zero-order chi connectivity index (χ0) is 11.8. The third kappa shape index (κ3) is 1.77. The van der Waals surface area contributed by atoms with Gasteiger partial charge in [0, 0.05) is 10.4 Å². The van der Waals surface area contributed by atoms with Crippen LogP contribution in [0.5, 0.6) is 0 Å². The molecule has 1 aliphatic carbocycles. The van der Waals surface area contributed by atoms with Crippen LogP contribution < -0.4 is 0 Å². The van der Waals surface area contributed by atoms with Gasteiger partial charge in [-0.3, -0.25) is 0 Å². The van der Waals surface area contributed by atoms with Gasteiger partial charge in [-0.2, -0.15) is 0 Å². The first kappa shape index (κ1) is 10.6. The first-order valence-electron chi connectivity index (χ1n) is 5.64. The summed E-state index contributed by atoms with van der Waals surface area (Å²) in [5.41, 5.74) is 2.36. The van der Waals surface area contributed by atoms with Gasteiger partial charge in [0.05, 0.1) is 5.56 Å². The summed E-state index contributed by atoms with van der Waals surface area (Å²) in [6.07, 6.45) is 7.90. The van der Waals surface area contributed by atoms with Crippen LogP contribution in [0.3, 0.4) is 0 Å². The monoisotopic (exact) mass is 242 g/mol. The second-order valence-corrected chi connectivity index (χ2v) is 5.23. The van der Waals surface area contributed by atoms with Crippen molar-refractivity contribution in [1.82, 2.24) is 0 Å². The van der Waals surface area contributed by atoms with Crippen molar-refractivity contribution in [2.24, 2.45) is 0 Å². The van der Waals surface area contributed by atoms with E-state index in [1.165, 1.54) is 23.8 Å². The molecule has 0 nitrogen and oxygen atoms in total. The van der Waals surface area contributed by atoms with E-state index in [0.29, 0.717) is 11.5 Å². The van der Waals surface area contributed by atoms with E-state index in [9.17, 15) is 4.39 Å². The minimum atomic E-state index is -0.307. The third-order valence-corrected chi connectivity index (χ3v) is 4.17. The van der Waals surface area contributed by atoms with Gasteiger partial charge in [0.25, 0.3) is 0 Å². The number of hydrogen-bond donors (Lipinski definition) is 0. The number of halogens is 1. The Bertz CT molecular complexity index is 600. The minimum absolute atomic E-state index is 0.307. The quantitative estimate of drug-likeness (QED) is 0.684. The zero-order valence-corrected chi connectivity index (χ0v) is 10.1. The molecule has 1 aromatic heterocycles. The number of rotatable bonds is 2. The molecule has 0 radical (unpaired) electrons. The summed E-state index contributed by atoms with van der Waals surface area (Å²) in [7, 11) is 0. The van der Waals surface area contributed by atoms with Crippen molar-refractivity contribution in [3.8, 4) is 23.5 Å². The topological polar surface area (TPSA) is 0 Å². The molecule has 1 saturated carbocycles. The van der Waals surface area contributed by atoms with E-state index >= 15 is 0 Å². The summed E-state index contributed by atoms with van der Waals surface area (Å²) in [4.78, 5) is 1.35. The highest BCUT2D eigenvalue weighted by Gasteiger charge is 2.28. The van der Waals surface area contributed by atoms with Crippen molar-refractivity contribution in [3.05, 3.63) is 45.9 Å². The van der Waals surface area contributed by atoms with Gasteiger partial charge in [-0.15, -0.1) is 17.8 Å². The molecule has 0 spiro atoms. The van der Waals surface area contributed by atoms with Gasteiger partial charge in [0.15, 0.2) is 0 Å². The molecule has 0 bridgehead atoms. The van der Waals surface area contributed by atoms with E-state index < -0.39 is 0 Å². The van der Waals surface area contributed by atoms with Crippen LogP contribution in [-0.4, -0.2) is 0 Å². The smallest absolute Gasteiger partial charge is 0.139 e. The van der Waals surface area contributed by atoms with E-state index in [1.54, 1.807) is 17.4 Å². The SMILES string of the molecule is C#Cc1c(F)cccc1-c1ccsc1C1CC1. The zero-order valence-electron chi connectivity index (χ0n) is 9.24. The largest absolute Gasteiger partial charge is 0.206 e. The van der Waals surface area contributed by atoms with Crippen LogP contribution in [0, 0.1) is 18.2 Å². The van der Waals surface area contributed by atoms with Crippen LogP contribution in [-0.2, 0) is 0 Å². The number of thiophene rings is 1. The Balaban J connectivity index is 2.18. The molecular formula is C15H11FS. The Morgan fingerprint density at radius 1 is 1.24 bits per heavy atom. The summed E-state index contributed by atoms with van der Waals surface area (Å²) in [6, 6.07) is 7.10. The van der Waals surface area contributed by atoms with Gasteiger partial charge < -0.3 is 0 Å². The average Bonchev–Trinajstić information content (AvgIpc) is 3.07.